The van der Waals surface area contributed by atoms with E-state index in [-0.39, 0.29) is 23.2 Å². The van der Waals surface area contributed by atoms with E-state index in [1.165, 1.54) is 18.2 Å². The van der Waals surface area contributed by atoms with Crippen LogP contribution in [0.5, 0.6) is 0 Å². The Hall–Kier alpha value is -1.62. The second-order valence-electron chi connectivity index (χ2n) is 4.85. The summed E-state index contributed by atoms with van der Waals surface area (Å²) in [6.45, 7) is 1.88. The smallest absolute Gasteiger partial charge is 0.251 e. The molecule has 0 aliphatic carbocycles. The van der Waals surface area contributed by atoms with Crippen molar-refractivity contribution in [3.8, 4) is 0 Å². The molecule has 1 unspecified atom stereocenters. The highest BCUT2D eigenvalue weighted by Gasteiger charge is 2.19. The molecule has 1 aromatic carbocycles. The van der Waals surface area contributed by atoms with Crippen LogP contribution in [0.3, 0.4) is 0 Å². The van der Waals surface area contributed by atoms with Gasteiger partial charge in [0.15, 0.2) is 0 Å². The number of hydrogen-bond acceptors (Lipinski definition) is 3. The van der Waals surface area contributed by atoms with Crippen LogP contribution in [0.25, 0.3) is 0 Å². The molecule has 0 saturated carbocycles. The summed E-state index contributed by atoms with van der Waals surface area (Å²) in [4.78, 5) is 14.1. The number of hydrogen-bond donors (Lipinski definition) is 2. The largest absolute Gasteiger partial charge is 0.399 e. The van der Waals surface area contributed by atoms with E-state index in [0.717, 1.165) is 25.9 Å². The third-order valence-electron chi connectivity index (χ3n) is 3.14. The van der Waals surface area contributed by atoms with Gasteiger partial charge in [-0.3, -0.25) is 4.79 Å². The lowest BCUT2D eigenvalue weighted by atomic mass is 10.1. The number of nitrogens with zero attached hydrogens (tertiary/aromatic N) is 1. The predicted octanol–water partition coefficient (Wildman–Crippen LogP) is 1.23. The molecule has 1 amide bonds. The van der Waals surface area contributed by atoms with Crippen molar-refractivity contribution < 1.29 is 9.18 Å². The van der Waals surface area contributed by atoms with Crippen molar-refractivity contribution in [1.82, 2.24) is 10.2 Å². The van der Waals surface area contributed by atoms with E-state index >= 15 is 0 Å². The normalized spacial score (nSPS) is 20.7. The predicted molar refractivity (Wildman–Crippen MR) is 68.8 cm³/mol. The molecule has 1 heterocycles. The van der Waals surface area contributed by atoms with Gasteiger partial charge in [0.2, 0.25) is 0 Å². The Morgan fingerprint density at radius 1 is 1.50 bits per heavy atom. The molecular formula is C13H18FN3O. The monoisotopic (exact) mass is 251 g/mol. The average molecular weight is 251 g/mol. The topological polar surface area (TPSA) is 58.4 Å². The first kappa shape index (κ1) is 12.8. The van der Waals surface area contributed by atoms with E-state index in [9.17, 15) is 9.18 Å². The van der Waals surface area contributed by atoms with Crippen molar-refractivity contribution in [2.45, 2.75) is 18.9 Å². The van der Waals surface area contributed by atoms with Crippen LogP contribution in [-0.2, 0) is 0 Å². The number of piperidine rings is 1. The Labute approximate surface area is 106 Å². The minimum atomic E-state index is -0.485. The molecule has 5 heteroatoms. The van der Waals surface area contributed by atoms with Crippen LogP contribution < -0.4 is 11.1 Å². The molecule has 0 bridgehead atoms. The van der Waals surface area contributed by atoms with Gasteiger partial charge in [0.1, 0.15) is 5.82 Å². The summed E-state index contributed by atoms with van der Waals surface area (Å²) in [5.74, 6) is -0.748. The molecule has 1 aromatic rings. The number of amides is 1. The number of carbonyl (C=O) groups excluding carboxylic acids is 1. The summed E-state index contributed by atoms with van der Waals surface area (Å²) in [5.41, 5.74) is 6.07. The van der Waals surface area contributed by atoms with Gasteiger partial charge in [-0.2, -0.15) is 0 Å². The summed E-state index contributed by atoms with van der Waals surface area (Å²) in [6, 6.07) is 4.02. The molecule has 18 heavy (non-hydrogen) atoms. The second-order valence-corrected chi connectivity index (χ2v) is 4.85. The Kier molecular flexibility index (Phi) is 3.81. The fourth-order valence-corrected chi connectivity index (χ4v) is 2.30. The van der Waals surface area contributed by atoms with Crippen molar-refractivity contribution in [3.63, 3.8) is 0 Å². The fourth-order valence-electron chi connectivity index (χ4n) is 2.30. The van der Waals surface area contributed by atoms with Gasteiger partial charge in [0.25, 0.3) is 5.91 Å². The molecule has 2 rings (SSSR count). The number of likely N-dealkylation sites (N-methyl/N-ethyl adjacent to an activating group) is 1. The van der Waals surface area contributed by atoms with Crippen LogP contribution in [0.15, 0.2) is 18.2 Å². The molecule has 0 aromatic heterocycles. The van der Waals surface area contributed by atoms with E-state index in [2.05, 4.69) is 10.2 Å². The van der Waals surface area contributed by atoms with Crippen LogP contribution in [0.2, 0.25) is 0 Å². The lowest BCUT2D eigenvalue weighted by molar-refractivity contribution is 0.0912. The van der Waals surface area contributed by atoms with Crippen LogP contribution in [0.1, 0.15) is 23.2 Å². The van der Waals surface area contributed by atoms with E-state index in [1.807, 2.05) is 7.05 Å². The van der Waals surface area contributed by atoms with Crippen LogP contribution in [0.4, 0.5) is 10.1 Å². The first-order valence-corrected chi connectivity index (χ1v) is 6.10. The van der Waals surface area contributed by atoms with Gasteiger partial charge in [-0.15, -0.1) is 0 Å². The third-order valence-corrected chi connectivity index (χ3v) is 3.14. The fraction of sp³-hybridized carbons (Fsp3) is 0.462. The maximum Gasteiger partial charge on any atom is 0.251 e. The lowest BCUT2D eigenvalue weighted by Crippen LogP contribution is -2.46. The van der Waals surface area contributed by atoms with E-state index in [1.54, 1.807) is 0 Å². The van der Waals surface area contributed by atoms with Crippen LogP contribution >= 0.6 is 0 Å². The summed E-state index contributed by atoms with van der Waals surface area (Å²) in [7, 11) is 2.03. The Morgan fingerprint density at radius 3 is 2.94 bits per heavy atom. The van der Waals surface area contributed by atoms with Gasteiger partial charge >= 0.3 is 0 Å². The first-order chi connectivity index (χ1) is 8.54. The number of likely N-dealkylation sites (tertiary alicyclic amines) is 1. The summed E-state index contributed by atoms with van der Waals surface area (Å²) in [5, 5.41) is 2.92. The highest BCUT2D eigenvalue weighted by Crippen LogP contribution is 2.13. The first-order valence-electron chi connectivity index (χ1n) is 6.10. The number of nitrogens with two attached hydrogens (primary N) is 1. The zero-order chi connectivity index (χ0) is 13.1. The van der Waals surface area contributed by atoms with Crippen molar-refractivity contribution in [1.29, 1.82) is 0 Å². The van der Waals surface area contributed by atoms with Gasteiger partial charge in [0, 0.05) is 23.8 Å². The maximum atomic E-state index is 13.2. The number of nitrogen functional groups attached to an aromatic ring is 1. The molecule has 1 saturated heterocycles. The summed E-state index contributed by atoms with van der Waals surface area (Å²) >= 11 is 0. The zero-order valence-electron chi connectivity index (χ0n) is 10.4. The minimum absolute atomic E-state index is 0.126. The van der Waals surface area contributed by atoms with Crippen molar-refractivity contribution in [3.05, 3.63) is 29.6 Å². The van der Waals surface area contributed by atoms with Crippen molar-refractivity contribution in [2.24, 2.45) is 0 Å². The highest BCUT2D eigenvalue weighted by molar-refractivity contribution is 5.95. The molecule has 1 fully saturated rings. The zero-order valence-corrected chi connectivity index (χ0v) is 10.4. The SMILES string of the molecule is CN1CCCC(NC(=O)c2cc(N)cc(F)c2)C1. The van der Waals surface area contributed by atoms with Gasteiger partial charge in [-0.25, -0.2) is 4.39 Å². The molecule has 98 valence electrons. The number of halogens is 1. The Balaban J connectivity index is 2.02. The molecule has 1 atom stereocenters. The van der Waals surface area contributed by atoms with Gasteiger partial charge < -0.3 is 16.0 Å². The number of anilines is 1. The second kappa shape index (κ2) is 5.35. The van der Waals surface area contributed by atoms with Gasteiger partial charge in [-0.05, 0) is 44.6 Å². The van der Waals surface area contributed by atoms with Crippen LogP contribution in [-0.4, -0.2) is 37.0 Å². The molecular weight excluding hydrogens is 233 g/mol. The van der Waals surface area contributed by atoms with E-state index < -0.39 is 5.82 Å². The number of rotatable bonds is 2. The summed E-state index contributed by atoms with van der Waals surface area (Å²) < 4.78 is 13.2. The van der Waals surface area contributed by atoms with Crippen molar-refractivity contribution in [2.75, 3.05) is 25.9 Å². The molecule has 1 aliphatic rings. The average Bonchev–Trinajstić information content (AvgIpc) is 2.27. The Morgan fingerprint density at radius 2 is 2.28 bits per heavy atom. The lowest BCUT2D eigenvalue weighted by Gasteiger charge is -2.30. The molecule has 3 N–H and O–H groups in total. The standard InChI is InChI=1S/C13H18FN3O/c1-17-4-2-3-12(8-17)16-13(18)9-5-10(14)7-11(15)6-9/h5-7,12H,2-4,8,15H2,1H3,(H,16,18). The quantitative estimate of drug-likeness (QED) is 0.777. The number of nitrogens with one attached hydrogen (secondary N) is 1. The minimum Gasteiger partial charge on any atom is -0.399 e. The maximum absolute atomic E-state index is 13.2. The van der Waals surface area contributed by atoms with Gasteiger partial charge in [-0.1, -0.05) is 0 Å². The van der Waals surface area contributed by atoms with Gasteiger partial charge in [0.05, 0.1) is 0 Å². The molecule has 1 aliphatic heterocycles. The summed E-state index contributed by atoms with van der Waals surface area (Å²) in [6.07, 6.45) is 2.02. The Bertz CT molecular complexity index is 430. The number of benzene rings is 1. The molecule has 4 nitrogen and oxygen atoms in total. The number of carbonyl (C=O) groups is 1. The molecule has 0 spiro atoms. The molecule has 0 radical (unpaired) electrons. The van der Waals surface area contributed by atoms with E-state index in [4.69, 9.17) is 5.73 Å². The van der Waals surface area contributed by atoms with Crippen molar-refractivity contribution >= 4 is 11.6 Å². The third kappa shape index (κ3) is 3.20. The van der Waals surface area contributed by atoms with E-state index in [0.29, 0.717) is 0 Å². The highest BCUT2D eigenvalue weighted by atomic mass is 19.1. The van der Waals surface area contributed by atoms with Crippen LogP contribution in [0, 0.1) is 5.82 Å².